The van der Waals surface area contributed by atoms with E-state index in [1.54, 1.807) is 18.2 Å². The molecule has 1 aliphatic heterocycles. The number of hydrogen-bond donors (Lipinski definition) is 1. The van der Waals surface area contributed by atoms with E-state index in [0.717, 1.165) is 17.7 Å². The summed E-state index contributed by atoms with van der Waals surface area (Å²) in [4.78, 5) is 14.4. The van der Waals surface area contributed by atoms with Crippen molar-refractivity contribution in [3.8, 4) is 0 Å². The third kappa shape index (κ3) is 4.16. The number of aryl methyl sites for hydroxylation is 1. The van der Waals surface area contributed by atoms with Gasteiger partial charge in [-0.3, -0.25) is 4.79 Å². The maximum absolute atomic E-state index is 13.1. The molecule has 0 saturated carbocycles. The van der Waals surface area contributed by atoms with Gasteiger partial charge in [0.1, 0.15) is 0 Å². The smallest absolute Gasteiger partial charge is 0.378 e. The minimum Gasteiger partial charge on any atom is -0.378 e. The predicted octanol–water partition coefficient (Wildman–Crippen LogP) is 4.10. The zero-order chi connectivity index (χ0) is 18.7. The molecule has 0 aliphatic carbocycles. The van der Waals surface area contributed by atoms with Crippen LogP contribution in [-0.4, -0.2) is 32.2 Å². The number of amides is 1. The number of anilines is 2. The van der Waals surface area contributed by atoms with Crippen molar-refractivity contribution in [3.05, 3.63) is 59.2 Å². The molecule has 1 aliphatic rings. The van der Waals surface area contributed by atoms with Crippen LogP contribution in [0.4, 0.5) is 24.5 Å². The van der Waals surface area contributed by atoms with Crippen molar-refractivity contribution < 1.29 is 22.7 Å². The third-order valence-corrected chi connectivity index (χ3v) is 4.20. The third-order valence-electron chi connectivity index (χ3n) is 4.20. The van der Waals surface area contributed by atoms with E-state index in [9.17, 15) is 18.0 Å². The number of alkyl halides is 3. The van der Waals surface area contributed by atoms with Gasteiger partial charge in [-0.25, -0.2) is 0 Å². The van der Waals surface area contributed by atoms with Crippen LogP contribution >= 0.6 is 0 Å². The SMILES string of the molecule is Cc1cccc(C(=O)Nc2cc(C(F)(F)F)ccc2N2CCOCC2)c1. The molecule has 1 amide bonds. The number of rotatable bonds is 3. The number of hydrogen-bond acceptors (Lipinski definition) is 3. The highest BCUT2D eigenvalue weighted by Crippen LogP contribution is 2.36. The van der Waals surface area contributed by atoms with Gasteiger partial charge in [-0.15, -0.1) is 0 Å². The Bertz CT molecular complexity index is 800. The lowest BCUT2D eigenvalue weighted by molar-refractivity contribution is -0.137. The maximum Gasteiger partial charge on any atom is 0.416 e. The van der Waals surface area contributed by atoms with Gasteiger partial charge in [-0.05, 0) is 37.3 Å². The first-order valence-corrected chi connectivity index (χ1v) is 8.26. The van der Waals surface area contributed by atoms with Crippen LogP contribution in [0.25, 0.3) is 0 Å². The molecule has 0 spiro atoms. The molecule has 2 aromatic carbocycles. The fourth-order valence-corrected chi connectivity index (χ4v) is 2.87. The normalized spacial score (nSPS) is 15.0. The molecule has 4 nitrogen and oxygen atoms in total. The standard InChI is InChI=1S/C19H19F3N2O2/c1-13-3-2-4-14(11-13)18(25)23-16-12-15(19(20,21)22)5-6-17(16)24-7-9-26-10-8-24/h2-6,11-12H,7-10H2,1H3,(H,23,25). The number of carbonyl (C=O) groups excluding carboxylic acids is 1. The molecule has 1 N–H and O–H groups in total. The lowest BCUT2D eigenvalue weighted by Gasteiger charge is -2.31. The summed E-state index contributed by atoms with van der Waals surface area (Å²) in [6, 6.07) is 10.3. The fraction of sp³-hybridized carbons (Fsp3) is 0.316. The van der Waals surface area contributed by atoms with E-state index >= 15 is 0 Å². The number of ether oxygens (including phenoxy) is 1. The monoisotopic (exact) mass is 364 g/mol. The van der Waals surface area contributed by atoms with Crippen molar-refractivity contribution in [2.24, 2.45) is 0 Å². The lowest BCUT2D eigenvalue weighted by Crippen LogP contribution is -2.36. The first kappa shape index (κ1) is 18.3. The van der Waals surface area contributed by atoms with Gasteiger partial charge in [0, 0.05) is 18.7 Å². The summed E-state index contributed by atoms with van der Waals surface area (Å²) >= 11 is 0. The number of morpholine rings is 1. The zero-order valence-electron chi connectivity index (χ0n) is 14.3. The molecule has 2 aromatic rings. The number of nitrogens with zero attached hydrogens (tertiary/aromatic N) is 1. The molecule has 0 atom stereocenters. The van der Waals surface area contributed by atoms with Crippen molar-refractivity contribution in [1.82, 2.24) is 0 Å². The molecule has 26 heavy (non-hydrogen) atoms. The van der Waals surface area contributed by atoms with E-state index in [2.05, 4.69) is 5.32 Å². The Labute approximate surface area is 149 Å². The predicted molar refractivity (Wildman–Crippen MR) is 93.6 cm³/mol. The van der Waals surface area contributed by atoms with Gasteiger partial charge in [0.25, 0.3) is 5.91 Å². The summed E-state index contributed by atoms with van der Waals surface area (Å²) in [5.74, 6) is -0.442. The Balaban J connectivity index is 1.94. The van der Waals surface area contributed by atoms with Gasteiger partial charge in [0.15, 0.2) is 0 Å². The average molecular weight is 364 g/mol. The van der Waals surface area contributed by atoms with Crippen molar-refractivity contribution in [2.75, 3.05) is 36.5 Å². The summed E-state index contributed by atoms with van der Waals surface area (Å²) in [6.45, 7) is 3.94. The van der Waals surface area contributed by atoms with Crippen LogP contribution in [0.5, 0.6) is 0 Å². The van der Waals surface area contributed by atoms with Gasteiger partial charge in [-0.1, -0.05) is 17.7 Å². The van der Waals surface area contributed by atoms with E-state index in [1.165, 1.54) is 6.07 Å². The Hall–Kier alpha value is -2.54. The molecule has 3 rings (SSSR count). The lowest BCUT2D eigenvalue weighted by atomic mass is 10.1. The Morgan fingerprint density at radius 1 is 1.12 bits per heavy atom. The first-order chi connectivity index (χ1) is 12.3. The summed E-state index contributed by atoms with van der Waals surface area (Å²) in [5, 5.41) is 2.64. The minimum absolute atomic E-state index is 0.147. The van der Waals surface area contributed by atoms with Crippen LogP contribution in [0.3, 0.4) is 0 Å². The van der Waals surface area contributed by atoms with Crippen LogP contribution in [-0.2, 0) is 10.9 Å². The van der Waals surface area contributed by atoms with E-state index < -0.39 is 17.6 Å². The van der Waals surface area contributed by atoms with Gasteiger partial charge in [0.05, 0.1) is 30.2 Å². The second-order valence-corrected chi connectivity index (χ2v) is 6.15. The second-order valence-electron chi connectivity index (χ2n) is 6.15. The zero-order valence-corrected chi connectivity index (χ0v) is 14.3. The Kier molecular flexibility index (Phi) is 5.18. The average Bonchev–Trinajstić information content (AvgIpc) is 2.61. The summed E-state index contributed by atoms with van der Waals surface area (Å²) in [6.07, 6.45) is -4.48. The first-order valence-electron chi connectivity index (χ1n) is 8.26. The Morgan fingerprint density at radius 3 is 2.50 bits per heavy atom. The van der Waals surface area contributed by atoms with Gasteiger partial charge >= 0.3 is 6.18 Å². The van der Waals surface area contributed by atoms with E-state index in [0.29, 0.717) is 37.6 Å². The van der Waals surface area contributed by atoms with E-state index in [1.807, 2.05) is 17.9 Å². The number of nitrogens with one attached hydrogen (secondary N) is 1. The Morgan fingerprint density at radius 2 is 1.85 bits per heavy atom. The second kappa shape index (κ2) is 7.37. The molecule has 0 bridgehead atoms. The summed E-state index contributed by atoms with van der Waals surface area (Å²) in [5.41, 5.74) is 1.20. The van der Waals surface area contributed by atoms with Crippen molar-refractivity contribution in [1.29, 1.82) is 0 Å². The topological polar surface area (TPSA) is 41.6 Å². The molecule has 7 heteroatoms. The van der Waals surface area contributed by atoms with Crippen molar-refractivity contribution >= 4 is 17.3 Å². The largest absolute Gasteiger partial charge is 0.416 e. The molecule has 0 unspecified atom stereocenters. The molecule has 1 saturated heterocycles. The molecule has 1 heterocycles. The number of benzene rings is 2. The molecular formula is C19H19F3N2O2. The van der Waals surface area contributed by atoms with Crippen LogP contribution in [0.2, 0.25) is 0 Å². The molecule has 0 aromatic heterocycles. The van der Waals surface area contributed by atoms with Gasteiger partial charge in [0.2, 0.25) is 0 Å². The highest BCUT2D eigenvalue weighted by atomic mass is 19.4. The number of halogens is 3. The summed E-state index contributed by atoms with van der Waals surface area (Å²) in [7, 11) is 0. The molecule has 138 valence electrons. The fourth-order valence-electron chi connectivity index (χ4n) is 2.87. The van der Waals surface area contributed by atoms with Crippen LogP contribution < -0.4 is 10.2 Å². The van der Waals surface area contributed by atoms with Crippen LogP contribution in [0.1, 0.15) is 21.5 Å². The van der Waals surface area contributed by atoms with Gasteiger partial charge in [-0.2, -0.15) is 13.2 Å². The molecule has 1 fully saturated rings. The maximum atomic E-state index is 13.1. The molecule has 0 radical (unpaired) electrons. The van der Waals surface area contributed by atoms with Crippen LogP contribution in [0, 0.1) is 6.92 Å². The van der Waals surface area contributed by atoms with Crippen molar-refractivity contribution in [2.45, 2.75) is 13.1 Å². The minimum atomic E-state index is -4.48. The van der Waals surface area contributed by atoms with Crippen LogP contribution in [0.15, 0.2) is 42.5 Å². The highest BCUT2D eigenvalue weighted by molar-refractivity contribution is 6.06. The van der Waals surface area contributed by atoms with E-state index in [4.69, 9.17) is 4.74 Å². The highest BCUT2D eigenvalue weighted by Gasteiger charge is 2.32. The number of carbonyl (C=O) groups is 1. The van der Waals surface area contributed by atoms with E-state index in [-0.39, 0.29) is 5.69 Å². The quantitative estimate of drug-likeness (QED) is 0.892. The molecular weight excluding hydrogens is 345 g/mol. The van der Waals surface area contributed by atoms with Crippen molar-refractivity contribution in [3.63, 3.8) is 0 Å². The van der Waals surface area contributed by atoms with Gasteiger partial charge < -0.3 is 15.0 Å². The summed E-state index contributed by atoms with van der Waals surface area (Å²) < 4.78 is 44.6.